The third-order valence-corrected chi connectivity index (χ3v) is 2.87. The molecule has 0 aromatic carbocycles. The molecule has 4 nitrogen and oxygen atoms in total. The Morgan fingerprint density at radius 1 is 1.37 bits per heavy atom. The minimum atomic E-state index is 0.136. The van der Waals surface area contributed by atoms with E-state index in [-0.39, 0.29) is 6.10 Å². The van der Waals surface area contributed by atoms with Gasteiger partial charge in [0.25, 0.3) is 0 Å². The highest BCUT2D eigenvalue weighted by Crippen LogP contribution is 2.18. The van der Waals surface area contributed by atoms with Crippen LogP contribution in [-0.2, 0) is 11.2 Å². The van der Waals surface area contributed by atoms with Crippen LogP contribution in [-0.4, -0.2) is 37.9 Å². The molecule has 0 saturated heterocycles. The molecule has 1 rings (SSSR count). The largest absolute Gasteiger partial charge is 0.487 e. The minimum absolute atomic E-state index is 0.136. The van der Waals surface area contributed by atoms with Gasteiger partial charge in [0.05, 0.1) is 5.69 Å². The number of hydrogen-bond donors (Lipinski definition) is 1. The van der Waals surface area contributed by atoms with Crippen LogP contribution in [0.4, 0.5) is 0 Å². The van der Waals surface area contributed by atoms with E-state index in [1.807, 2.05) is 19.1 Å². The van der Waals surface area contributed by atoms with E-state index in [1.54, 1.807) is 7.11 Å². The second-order valence-electron chi connectivity index (χ2n) is 4.73. The van der Waals surface area contributed by atoms with Gasteiger partial charge in [-0.15, -0.1) is 0 Å². The molecule has 0 spiro atoms. The first kappa shape index (κ1) is 15.9. The SMILES string of the molecule is CCc1nc(C)ccc1OC(C)CNCCCOC. The molecule has 19 heavy (non-hydrogen) atoms. The molecule has 0 aliphatic rings. The van der Waals surface area contributed by atoms with E-state index >= 15 is 0 Å². The molecule has 1 aromatic rings. The van der Waals surface area contributed by atoms with E-state index in [9.17, 15) is 0 Å². The Bertz CT molecular complexity index is 369. The first-order valence-electron chi connectivity index (χ1n) is 7.00. The van der Waals surface area contributed by atoms with Crippen molar-refractivity contribution >= 4 is 0 Å². The van der Waals surface area contributed by atoms with Gasteiger partial charge in [-0.2, -0.15) is 0 Å². The van der Waals surface area contributed by atoms with Crippen molar-refractivity contribution < 1.29 is 9.47 Å². The number of rotatable bonds is 9. The second-order valence-corrected chi connectivity index (χ2v) is 4.73. The maximum Gasteiger partial charge on any atom is 0.141 e. The van der Waals surface area contributed by atoms with Gasteiger partial charge in [-0.1, -0.05) is 6.92 Å². The quantitative estimate of drug-likeness (QED) is 0.697. The summed E-state index contributed by atoms with van der Waals surface area (Å²) >= 11 is 0. The Morgan fingerprint density at radius 2 is 2.16 bits per heavy atom. The van der Waals surface area contributed by atoms with E-state index in [0.29, 0.717) is 0 Å². The van der Waals surface area contributed by atoms with E-state index < -0.39 is 0 Å². The molecule has 0 aliphatic heterocycles. The summed E-state index contributed by atoms with van der Waals surface area (Å²) in [4.78, 5) is 4.50. The molecule has 108 valence electrons. The average Bonchev–Trinajstić information content (AvgIpc) is 2.40. The standard InChI is InChI=1S/C15H26N2O2/c1-5-14-15(8-7-12(2)17-14)19-13(3)11-16-9-6-10-18-4/h7-8,13,16H,5-6,9-11H2,1-4H3. The molecule has 1 atom stereocenters. The molecule has 0 amide bonds. The van der Waals surface area contributed by atoms with E-state index in [0.717, 1.165) is 49.7 Å². The van der Waals surface area contributed by atoms with Crippen LogP contribution in [0, 0.1) is 6.92 Å². The first-order chi connectivity index (χ1) is 9.17. The number of aromatic nitrogens is 1. The zero-order chi connectivity index (χ0) is 14.1. The summed E-state index contributed by atoms with van der Waals surface area (Å²) in [7, 11) is 1.72. The fraction of sp³-hybridized carbons (Fsp3) is 0.667. The van der Waals surface area contributed by atoms with Gasteiger partial charge >= 0.3 is 0 Å². The van der Waals surface area contributed by atoms with Crippen LogP contribution < -0.4 is 10.1 Å². The third-order valence-electron chi connectivity index (χ3n) is 2.87. The lowest BCUT2D eigenvalue weighted by Crippen LogP contribution is -2.30. The average molecular weight is 266 g/mol. The molecule has 0 bridgehead atoms. The monoisotopic (exact) mass is 266 g/mol. The van der Waals surface area contributed by atoms with Gasteiger partial charge in [-0.25, -0.2) is 0 Å². The Kier molecular flexibility index (Phi) is 7.45. The lowest BCUT2D eigenvalue weighted by Gasteiger charge is -2.17. The summed E-state index contributed by atoms with van der Waals surface area (Å²) < 4.78 is 10.9. The number of nitrogens with zero attached hydrogens (tertiary/aromatic N) is 1. The Balaban J connectivity index is 2.37. The summed E-state index contributed by atoms with van der Waals surface area (Å²) in [6, 6.07) is 4.01. The van der Waals surface area contributed by atoms with Crippen LogP contribution in [0.15, 0.2) is 12.1 Å². The number of ether oxygens (including phenoxy) is 2. The van der Waals surface area contributed by atoms with Crippen LogP contribution in [0.3, 0.4) is 0 Å². The molecule has 0 fully saturated rings. The van der Waals surface area contributed by atoms with Gasteiger partial charge < -0.3 is 14.8 Å². The summed E-state index contributed by atoms with van der Waals surface area (Å²) in [6.45, 7) is 8.76. The van der Waals surface area contributed by atoms with Crippen LogP contribution in [0.2, 0.25) is 0 Å². The summed E-state index contributed by atoms with van der Waals surface area (Å²) in [5.41, 5.74) is 2.07. The highest BCUT2D eigenvalue weighted by molar-refractivity contribution is 5.29. The summed E-state index contributed by atoms with van der Waals surface area (Å²) in [5, 5.41) is 3.36. The minimum Gasteiger partial charge on any atom is -0.487 e. The van der Waals surface area contributed by atoms with Crippen molar-refractivity contribution in [3.05, 3.63) is 23.5 Å². The van der Waals surface area contributed by atoms with E-state index in [1.165, 1.54) is 0 Å². The van der Waals surface area contributed by atoms with Crippen molar-refractivity contribution in [2.45, 2.75) is 39.7 Å². The van der Waals surface area contributed by atoms with Crippen molar-refractivity contribution in [3.63, 3.8) is 0 Å². The highest BCUT2D eigenvalue weighted by atomic mass is 16.5. The molecule has 1 unspecified atom stereocenters. The smallest absolute Gasteiger partial charge is 0.141 e. The van der Waals surface area contributed by atoms with Gasteiger partial charge in [0.15, 0.2) is 0 Å². The maximum absolute atomic E-state index is 5.94. The molecular weight excluding hydrogens is 240 g/mol. The van der Waals surface area contributed by atoms with Crippen LogP contribution in [0.25, 0.3) is 0 Å². The fourth-order valence-corrected chi connectivity index (χ4v) is 1.86. The molecule has 1 N–H and O–H groups in total. The number of methoxy groups -OCH3 is 1. The number of hydrogen-bond acceptors (Lipinski definition) is 4. The lowest BCUT2D eigenvalue weighted by atomic mass is 10.2. The van der Waals surface area contributed by atoms with Crippen molar-refractivity contribution in [1.29, 1.82) is 0 Å². The van der Waals surface area contributed by atoms with Crippen LogP contribution >= 0.6 is 0 Å². The second kappa shape index (κ2) is 8.88. The molecule has 4 heteroatoms. The van der Waals surface area contributed by atoms with E-state index in [2.05, 4.69) is 24.1 Å². The van der Waals surface area contributed by atoms with Gasteiger partial charge in [0.1, 0.15) is 11.9 Å². The number of pyridine rings is 1. The zero-order valence-corrected chi connectivity index (χ0v) is 12.5. The van der Waals surface area contributed by atoms with Crippen molar-refractivity contribution in [3.8, 4) is 5.75 Å². The lowest BCUT2D eigenvalue weighted by molar-refractivity contribution is 0.188. The highest BCUT2D eigenvalue weighted by Gasteiger charge is 2.08. The molecule has 0 saturated carbocycles. The Hall–Kier alpha value is -1.13. The molecule has 0 aliphatic carbocycles. The molecular formula is C15H26N2O2. The molecule has 0 radical (unpaired) electrons. The van der Waals surface area contributed by atoms with Gasteiger partial charge in [-0.3, -0.25) is 4.98 Å². The van der Waals surface area contributed by atoms with Gasteiger partial charge in [0.2, 0.25) is 0 Å². The topological polar surface area (TPSA) is 43.4 Å². The third kappa shape index (κ3) is 6.03. The molecule has 1 aromatic heterocycles. The fourth-order valence-electron chi connectivity index (χ4n) is 1.86. The molecule has 1 heterocycles. The van der Waals surface area contributed by atoms with E-state index in [4.69, 9.17) is 9.47 Å². The predicted molar refractivity (Wildman–Crippen MR) is 77.8 cm³/mol. The summed E-state index contributed by atoms with van der Waals surface area (Å²) in [6.07, 6.45) is 2.05. The van der Waals surface area contributed by atoms with Gasteiger partial charge in [-0.05, 0) is 45.4 Å². The van der Waals surface area contributed by atoms with Crippen molar-refractivity contribution in [2.75, 3.05) is 26.8 Å². The number of aryl methyl sites for hydroxylation is 2. The van der Waals surface area contributed by atoms with Crippen LogP contribution in [0.5, 0.6) is 5.75 Å². The zero-order valence-electron chi connectivity index (χ0n) is 12.5. The normalized spacial score (nSPS) is 12.4. The van der Waals surface area contributed by atoms with Crippen molar-refractivity contribution in [2.24, 2.45) is 0 Å². The summed E-state index contributed by atoms with van der Waals surface area (Å²) in [5.74, 6) is 0.902. The van der Waals surface area contributed by atoms with Gasteiger partial charge in [0, 0.05) is 26.0 Å². The predicted octanol–water partition coefficient (Wildman–Crippen LogP) is 2.35. The van der Waals surface area contributed by atoms with Crippen molar-refractivity contribution in [1.82, 2.24) is 10.3 Å². The first-order valence-corrected chi connectivity index (χ1v) is 7.00. The van der Waals surface area contributed by atoms with Crippen LogP contribution in [0.1, 0.15) is 31.7 Å². The Labute approximate surface area is 116 Å². The maximum atomic E-state index is 5.94. The Morgan fingerprint density at radius 3 is 2.84 bits per heavy atom. The number of nitrogens with one attached hydrogen (secondary N) is 1.